The number of halogens is 1. The quantitative estimate of drug-likeness (QED) is 0.603. The van der Waals surface area contributed by atoms with Crippen molar-refractivity contribution < 1.29 is 9.59 Å². The van der Waals surface area contributed by atoms with Crippen molar-refractivity contribution in [3.63, 3.8) is 0 Å². The molecule has 1 aliphatic carbocycles. The number of nitrogens with zero attached hydrogens (tertiary/aromatic N) is 1. The van der Waals surface area contributed by atoms with Crippen LogP contribution in [0.3, 0.4) is 0 Å². The summed E-state index contributed by atoms with van der Waals surface area (Å²) in [6, 6.07) is 11.6. The van der Waals surface area contributed by atoms with Crippen LogP contribution in [0.4, 0.5) is 5.69 Å². The number of nitriles is 1. The van der Waals surface area contributed by atoms with Gasteiger partial charge in [-0.3, -0.25) is 9.59 Å². The van der Waals surface area contributed by atoms with E-state index in [0.29, 0.717) is 33.3 Å². The molecule has 2 aliphatic rings. The van der Waals surface area contributed by atoms with Gasteiger partial charge in [-0.2, -0.15) is 5.26 Å². The molecule has 2 heterocycles. The first kappa shape index (κ1) is 21.7. The van der Waals surface area contributed by atoms with Crippen molar-refractivity contribution in [2.45, 2.75) is 32.1 Å². The number of ketones is 1. The Balaban J connectivity index is 1.58. The highest BCUT2D eigenvalue weighted by atomic mass is 35.5. The lowest BCUT2D eigenvalue weighted by molar-refractivity contribution is -0.116. The predicted molar refractivity (Wildman–Crippen MR) is 126 cm³/mol. The highest BCUT2D eigenvalue weighted by molar-refractivity contribution is 8.03. The van der Waals surface area contributed by atoms with Gasteiger partial charge in [0.2, 0.25) is 5.91 Å². The summed E-state index contributed by atoms with van der Waals surface area (Å²) in [5.41, 5.74) is 3.55. The second kappa shape index (κ2) is 9.31. The molecule has 1 amide bonds. The van der Waals surface area contributed by atoms with E-state index in [1.54, 1.807) is 18.2 Å². The van der Waals surface area contributed by atoms with Crippen LogP contribution in [0.1, 0.15) is 35.6 Å². The van der Waals surface area contributed by atoms with E-state index in [0.717, 1.165) is 29.0 Å². The Morgan fingerprint density at radius 2 is 2.19 bits per heavy atom. The first-order valence-corrected chi connectivity index (χ1v) is 12.1. The van der Waals surface area contributed by atoms with E-state index in [-0.39, 0.29) is 23.4 Å². The van der Waals surface area contributed by atoms with Gasteiger partial charge in [0.15, 0.2) is 5.78 Å². The van der Waals surface area contributed by atoms with E-state index >= 15 is 0 Å². The van der Waals surface area contributed by atoms with Crippen molar-refractivity contribution in [3.8, 4) is 6.07 Å². The molecule has 0 saturated carbocycles. The average molecular weight is 470 g/mol. The first-order chi connectivity index (χ1) is 15.0. The Kier molecular flexibility index (Phi) is 6.51. The van der Waals surface area contributed by atoms with E-state index in [1.807, 2.05) is 24.4 Å². The SMILES string of the molecule is Cc1c(Cl)cccc1NC(=O)CSC1=C(C#N)[C@@H](c2cccs2)C2=C(CCCC2=O)N1. The van der Waals surface area contributed by atoms with Crippen LogP contribution < -0.4 is 10.6 Å². The molecule has 1 aliphatic heterocycles. The van der Waals surface area contributed by atoms with Gasteiger partial charge in [0.1, 0.15) is 0 Å². The summed E-state index contributed by atoms with van der Waals surface area (Å²) in [6.07, 6.45) is 2.06. The van der Waals surface area contributed by atoms with Crippen LogP contribution in [0, 0.1) is 18.3 Å². The van der Waals surface area contributed by atoms with Crippen molar-refractivity contribution in [1.29, 1.82) is 5.26 Å². The third-order valence-corrected chi connectivity index (χ3v) is 7.74. The fraction of sp³-hybridized carbons (Fsp3) is 0.261. The zero-order chi connectivity index (χ0) is 22.0. The topological polar surface area (TPSA) is 82.0 Å². The number of hydrogen-bond donors (Lipinski definition) is 2. The Morgan fingerprint density at radius 3 is 2.94 bits per heavy atom. The Morgan fingerprint density at radius 1 is 1.35 bits per heavy atom. The van der Waals surface area contributed by atoms with E-state index < -0.39 is 0 Å². The number of dihydropyridines is 1. The van der Waals surface area contributed by atoms with Crippen LogP contribution in [-0.4, -0.2) is 17.4 Å². The summed E-state index contributed by atoms with van der Waals surface area (Å²) in [7, 11) is 0. The molecule has 0 saturated heterocycles. The van der Waals surface area contributed by atoms with Gasteiger partial charge in [-0.05, 0) is 48.9 Å². The lowest BCUT2D eigenvalue weighted by atomic mass is 9.79. The second-order valence-corrected chi connectivity index (χ2v) is 9.72. The van der Waals surface area contributed by atoms with Crippen molar-refractivity contribution in [2.75, 3.05) is 11.1 Å². The van der Waals surface area contributed by atoms with Gasteiger partial charge in [0.25, 0.3) is 0 Å². The average Bonchev–Trinajstić information content (AvgIpc) is 3.29. The van der Waals surface area contributed by atoms with Crippen LogP contribution in [0.2, 0.25) is 5.02 Å². The molecule has 5 nitrogen and oxygen atoms in total. The number of carbonyl (C=O) groups excluding carboxylic acids is 2. The van der Waals surface area contributed by atoms with Crippen LogP contribution in [0.5, 0.6) is 0 Å². The summed E-state index contributed by atoms with van der Waals surface area (Å²) >= 11 is 8.96. The zero-order valence-electron chi connectivity index (χ0n) is 16.8. The Bertz CT molecular complexity index is 1150. The molecule has 0 spiro atoms. The van der Waals surface area contributed by atoms with Crippen LogP contribution in [0.15, 0.2) is 57.6 Å². The fourth-order valence-corrected chi connectivity index (χ4v) is 5.72. The van der Waals surface area contributed by atoms with E-state index in [9.17, 15) is 14.9 Å². The number of rotatable bonds is 5. The molecule has 0 bridgehead atoms. The summed E-state index contributed by atoms with van der Waals surface area (Å²) in [5.74, 6) is -0.324. The molecule has 2 N–H and O–H groups in total. The number of benzene rings is 1. The maximum atomic E-state index is 12.7. The number of Topliss-reactive ketones (excluding diaryl/α,β-unsaturated/α-hetero) is 1. The second-order valence-electron chi connectivity index (χ2n) is 7.35. The van der Waals surface area contributed by atoms with Crippen LogP contribution in [0.25, 0.3) is 0 Å². The Hall–Kier alpha value is -2.53. The van der Waals surface area contributed by atoms with Crippen molar-refractivity contribution >= 4 is 52.1 Å². The van der Waals surface area contributed by atoms with E-state index in [1.165, 1.54) is 23.1 Å². The maximum Gasteiger partial charge on any atom is 0.234 e. The standard InChI is InChI=1S/C23H20ClN3O2S2/c1-13-15(24)5-2-6-16(13)26-20(29)12-31-23-14(11-25)21(19-9-4-10-30-19)22-17(27-23)7-3-8-18(22)28/h2,4-6,9-10,21,27H,3,7-8,12H2,1H3,(H,26,29)/t21-/m0/s1. The molecule has 0 unspecified atom stereocenters. The van der Waals surface area contributed by atoms with Gasteiger partial charge in [-0.25, -0.2) is 0 Å². The predicted octanol–water partition coefficient (Wildman–Crippen LogP) is 5.51. The van der Waals surface area contributed by atoms with Crippen LogP contribution in [-0.2, 0) is 9.59 Å². The van der Waals surface area contributed by atoms with Crippen molar-refractivity contribution in [2.24, 2.45) is 0 Å². The zero-order valence-corrected chi connectivity index (χ0v) is 19.2. The highest BCUT2D eigenvalue weighted by Gasteiger charge is 2.37. The molecule has 1 aromatic heterocycles. The number of hydrogen-bond acceptors (Lipinski definition) is 6. The lowest BCUT2D eigenvalue weighted by Gasteiger charge is -2.32. The molecule has 0 radical (unpaired) electrons. The molecule has 31 heavy (non-hydrogen) atoms. The first-order valence-electron chi connectivity index (χ1n) is 9.88. The summed E-state index contributed by atoms with van der Waals surface area (Å²) in [6.45, 7) is 1.85. The Labute approximate surface area is 194 Å². The van der Waals surface area contributed by atoms with E-state index in [2.05, 4.69) is 16.7 Å². The van der Waals surface area contributed by atoms with Crippen molar-refractivity contribution in [1.82, 2.24) is 5.32 Å². The molecule has 158 valence electrons. The number of thiophene rings is 1. The van der Waals surface area contributed by atoms with E-state index in [4.69, 9.17) is 11.6 Å². The smallest absolute Gasteiger partial charge is 0.234 e. The fourth-order valence-electron chi connectivity index (χ4n) is 3.84. The number of anilines is 1. The minimum absolute atomic E-state index is 0.0955. The van der Waals surface area contributed by atoms with Crippen LogP contribution >= 0.6 is 34.7 Å². The number of allylic oxidation sites excluding steroid dienone is 3. The third kappa shape index (κ3) is 4.42. The summed E-state index contributed by atoms with van der Waals surface area (Å²) in [5, 5.41) is 19.3. The molecular formula is C23H20ClN3O2S2. The summed E-state index contributed by atoms with van der Waals surface area (Å²) < 4.78 is 0. The largest absolute Gasteiger partial charge is 0.352 e. The molecule has 8 heteroatoms. The van der Waals surface area contributed by atoms with Gasteiger partial charge in [-0.15, -0.1) is 11.3 Å². The monoisotopic (exact) mass is 469 g/mol. The normalized spacial score (nSPS) is 18.4. The molecule has 1 atom stereocenters. The maximum absolute atomic E-state index is 12.7. The molecule has 4 rings (SSSR count). The third-order valence-electron chi connectivity index (χ3n) is 5.38. The highest BCUT2D eigenvalue weighted by Crippen LogP contribution is 2.45. The van der Waals surface area contributed by atoms with Gasteiger partial charge < -0.3 is 10.6 Å². The molecule has 1 aromatic carbocycles. The molecular weight excluding hydrogens is 450 g/mol. The number of carbonyl (C=O) groups is 2. The number of thioether (sulfide) groups is 1. The van der Waals surface area contributed by atoms with Gasteiger partial charge in [-0.1, -0.05) is 35.5 Å². The van der Waals surface area contributed by atoms with Gasteiger partial charge >= 0.3 is 0 Å². The number of amides is 1. The van der Waals surface area contributed by atoms with Crippen molar-refractivity contribution in [3.05, 3.63) is 73.0 Å². The number of nitrogens with one attached hydrogen (secondary N) is 2. The summed E-state index contributed by atoms with van der Waals surface area (Å²) in [4.78, 5) is 26.3. The lowest BCUT2D eigenvalue weighted by Crippen LogP contribution is -2.31. The molecule has 0 fully saturated rings. The minimum atomic E-state index is -0.366. The molecule has 2 aromatic rings. The minimum Gasteiger partial charge on any atom is -0.352 e. The van der Waals surface area contributed by atoms with Gasteiger partial charge in [0, 0.05) is 33.3 Å². The van der Waals surface area contributed by atoms with Gasteiger partial charge in [0.05, 0.1) is 28.3 Å².